The van der Waals surface area contributed by atoms with Gasteiger partial charge < -0.3 is 10.4 Å². The number of amides is 1. The van der Waals surface area contributed by atoms with Crippen molar-refractivity contribution in [3.63, 3.8) is 0 Å². The molecule has 0 radical (unpaired) electrons. The first-order valence-corrected chi connectivity index (χ1v) is 2.31. The van der Waals surface area contributed by atoms with Gasteiger partial charge in [-0.2, -0.15) is 0 Å². The third-order valence-electron chi connectivity index (χ3n) is 0.729. The summed E-state index contributed by atoms with van der Waals surface area (Å²) < 4.78 is 22.9. The molecule has 0 aliphatic heterocycles. The molecule has 2 N–H and O–H groups in total. The number of hydrogen-bond donors (Lipinski definition) is 2. The molecule has 56 valence electrons. The van der Waals surface area contributed by atoms with Crippen molar-refractivity contribution in [3.05, 3.63) is 0 Å². The summed E-state index contributed by atoms with van der Waals surface area (Å²) in [7, 11) is 0. The molecule has 5 heteroatoms. The van der Waals surface area contributed by atoms with Crippen molar-refractivity contribution in [2.75, 3.05) is 0 Å². The van der Waals surface area contributed by atoms with Crippen LogP contribution in [-0.4, -0.2) is 23.7 Å². The average Bonchev–Trinajstić information content (AvgIpc) is 1.63. The largest absolute Gasteiger partial charge is 0.465 e. The zero-order valence-corrected chi connectivity index (χ0v) is 4.77. The van der Waals surface area contributed by atoms with Gasteiger partial charge in [-0.3, -0.25) is 0 Å². The van der Waals surface area contributed by atoms with E-state index in [0.29, 0.717) is 0 Å². The van der Waals surface area contributed by atoms with Crippen molar-refractivity contribution >= 4 is 6.09 Å². The van der Waals surface area contributed by atoms with E-state index in [1.54, 1.807) is 5.32 Å². The molecule has 0 unspecified atom stereocenters. The second-order valence-electron chi connectivity index (χ2n) is 1.57. The van der Waals surface area contributed by atoms with Gasteiger partial charge in [-0.1, -0.05) is 0 Å². The summed E-state index contributed by atoms with van der Waals surface area (Å²) in [5.41, 5.74) is 0. The van der Waals surface area contributed by atoms with E-state index in [1.807, 2.05) is 0 Å². The first kappa shape index (κ1) is 8.13. The topological polar surface area (TPSA) is 49.3 Å². The number of halogens is 2. The van der Waals surface area contributed by atoms with E-state index < -0.39 is 18.6 Å². The summed E-state index contributed by atoms with van der Waals surface area (Å²) in [4.78, 5) is 9.67. The Morgan fingerprint density at radius 1 is 1.78 bits per heavy atom. The van der Waals surface area contributed by atoms with E-state index in [2.05, 4.69) is 0 Å². The molecular weight excluding hydrogens is 132 g/mol. The van der Waals surface area contributed by atoms with Crippen molar-refractivity contribution in [2.45, 2.75) is 19.4 Å². The summed E-state index contributed by atoms with van der Waals surface area (Å²) >= 11 is 0. The van der Waals surface area contributed by atoms with Crippen LogP contribution in [0.3, 0.4) is 0 Å². The van der Waals surface area contributed by atoms with Gasteiger partial charge in [0.25, 0.3) is 6.43 Å². The third-order valence-corrected chi connectivity index (χ3v) is 0.729. The minimum absolute atomic E-state index is 0. The fourth-order valence-electron chi connectivity index (χ4n) is 0.258. The van der Waals surface area contributed by atoms with E-state index in [-0.39, 0.29) is 1.43 Å². The second kappa shape index (κ2) is 3.21. The van der Waals surface area contributed by atoms with Gasteiger partial charge in [0.1, 0.15) is 0 Å². The predicted molar refractivity (Wildman–Crippen MR) is 28.7 cm³/mol. The smallest absolute Gasteiger partial charge is 0.405 e. The van der Waals surface area contributed by atoms with Gasteiger partial charge in [0, 0.05) is 1.43 Å². The number of alkyl halides is 2. The molecule has 9 heavy (non-hydrogen) atoms. The fraction of sp³-hybridized carbons (Fsp3) is 0.750. The summed E-state index contributed by atoms with van der Waals surface area (Å²) in [6.07, 6.45) is -4.07. The van der Waals surface area contributed by atoms with E-state index >= 15 is 0 Å². The molecule has 3 nitrogen and oxygen atoms in total. The highest BCUT2D eigenvalue weighted by atomic mass is 19.3. The van der Waals surface area contributed by atoms with E-state index in [1.165, 1.54) is 0 Å². The zero-order chi connectivity index (χ0) is 7.44. The van der Waals surface area contributed by atoms with Crippen LogP contribution in [0.2, 0.25) is 0 Å². The quantitative estimate of drug-likeness (QED) is 0.606. The minimum atomic E-state index is -2.64. The molecule has 0 aliphatic rings. The van der Waals surface area contributed by atoms with Gasteiger partial charge in [-0.25, -0.2) is 13.6 Å². The SMILES string of the molecule is C[C@@H](NC(=O)O)C(F)F.[HH]. The monoisotopic (exact) mass is 141 g/mol. The standard InChI is InChI=1S/C4H7F2NO2.H2/c1-2(3(5)6)7-4(8)9;/h2-3,7H,1H3,(H,8,9);1H/t2-;/m1./s1. The third kappa shape index (κ3) is 3.69. The maximum Gasteiger partial charge on any atom is 0.405 e. The summed E-state index contributed by atoms with van der Waals surface area (Å²) in [6, 6.07) is -1.29. The molecule has 0 bridgehead atoms. The first-order chi connectivity index (χ1) is 4.04. The Kier molecular flexibility index (Phi) is 2.90. The Labute approximate surface area is 52.2 Å². The van der Waals surface area contributed by atoms with Crippen LogP contribution in [0, 0.1) is 0 Å². The normalized spacial score (nSPS) is 13.3. The van der Waals surface area contributed by atoms with Crippen LogP contribution in [0.5, 0.6) is 0 Å². The van der Waals surface area contributed by atoms with Gasteiger partial charge in [-0.05, 0) is 6.92 Å². The highest BCUT2D eigenvalue weighted by Gasteiger charge is 2.15. The van der Waals surface area contributed by atoms with Crippen molar-refractivity contribution in [2.24, 2.45) is 0 Å². The van der Waals surface area contributed by atoms with Crippen molar-refractivity contribution in [3.8, 4) is 0 Å². The molecule has 1 amide bonds. The van der Waals surface area contributed by atoms with Crippen LogP contribution in [0.4, 0.5) is 13.6 Å². The second-order valence-corrected chi connectivity index (χ2v) is 1.57. The highest BCUT2D eigenvalue weighted by Crippen LogP contribution is 1.97. The Balaban J connectivity index is 0. The van der Waals surface area contributed by atoms with E-state index in [4.69, 9.17) is 5.11 Å². The molecule has 1 atom stereocenters. The van der Waals surface area contributed by atoms with Crippen LogP contribution in [0.25, 0.3) is 0 Å². The maximum absolute atomic E-state index is 11.5. The summed E-state index contributed by atoms with van der Waals surface area (Å²) in [6.45, 7) is 1.10. The first-order valence-electron chi connectivity index (χ1n) is 2.31. The molecule has 0 fully saturated rings. The highest BCUT2D eigenvalue weighted by molar-refractivity contribution is 5.64. The lowest BCUT2D eigenvalue weighted by atomic mass is 10.4. The van der Waals surface area contributed by atoms with Gasteiger partial charge in [0.15, 0.2) is 0 Å². The van der Waals surface area contributed by atoms with Gasteiger partial charge >= 0.3 is 6.09 Å². The summed E-state index contributed by atoms with van der Waals surface area (Å²) in [5, 5.41) is 9.50. The Bertz CT molecular complexity index is 111. The number of carbonyl (C=O) groups is 1. The van der Waals surface area contributed by atoms with Crippen LogP contribution in [0.15, 0.2) is 0 Å². The predicted octanol–water partition coefficient (Wildman–Crippen LogP) is 1.15. The lowest BCUT2D eigenvalue weighted by Gasteiger charge is -2.07. The fourth-order valence-corrected chi connectivity index (χ4v) is 0.258. The molecular formula is C4H9F2NO2. The molecule has 0 saturated carbocycles. The Morgan fingerprint density at radius 2 is 2.22 bits per heavy atom. The number of hydrogen-bond acceptors (Lipinski definition) is 1. The molecule has 0 saturated heterocycles. The van der Waals surface area contributed by atoms with Crippen molar-refractivity contribution in [1.82, 2.24) is 5.32 Å². The maximum atomic E-state index is 11.5. The number of carboxylic acid groups (broad SMARTS) is 1. The Morgan fingerprint density at radius 3 is 2.33 bits per heavy atom. The minimum Gasteiger partial charge on any atom is -0.465 e. The van der Waals surface area contributed by atoms with Crippen LogP contribution < -0.4 is 5.32 Å². The van der Waals surface area contributed by atoms with Crippen molar-refractivity contribution < 1.29 is 20.1 Å². The zero-order valence-electron chi connectivity index (χ0n) is 4.77. The molecule has 0 heterocycles. The van der Waals surface area contributed by atoms with Gasteiger partial charge in [0.05, 0.1) is 6.04 Å². The van der Waals surface area contributed by atoms with E-state index in [9.17, 15) is 13.6 Å². The van der Waals surface area contributed by atoms with Gasteiger partial charge in [-0.15, -0.1) is 0 Å². The molecule has 0 aliphatic carbocycles. The lowest BCUT2D eigenvalue weighted by Crippen LogP contribution is -2.36. The number of rotatable bonds is 2. The average molecular weight is 141 g/mol. The van der Waals surface area contributed by atoms with Crippen molar-refractivity contribution in [1.29, 1.82) is 0 Å². The molecule has 0 aromatic rings. The number of nitrogens with one attached hydrogen (secondary N) is 1. The summed E-state index contributed by atoms with van der Waals surface area (Å²) in [5.74, 6) is 0. The molecule has 0 spiro atoms. The van der Waals surface area contributed by atoms with Crippen LogP contribution in [-0.2, 0) is 0 Å². The van der Waals surface area contributed by atoms with Crippen LogP contribution in [0.1, 0.15) is 8.35 Å². The van der Waals surface area contributed by atoms with E-state index in [0.717, 1.165) is 6.92 Å². The molecule has 0 aromatic carbocycles. The lowest BCUT2D eigenvalue weighted by molar-refractivity contribution is 0.102. The molecule has 0 aromatic heterocycles. The van der Waals surface area contributed by atoms with Crippen LogP contribution >= 0.6 is 0 Å². The Hall–Kier alpha value is -0.870. The van der Waals surface area contributed by atoms with Gasteiger partial charge in [0.2, 0.25) is 0 Å². The molecule has 0 rings (SSSR count).